The zero-order chi connectivity index (χ0) is 15.7. The number of carbonyl (C=O) groups excluding carboxylic acids is 3. The van der Waals surface area contributed by atoms with Crippen LogP contribution in [0.3, 0.4) is 0 Å². The monoisotopic (exact) mass is 303 g/mol. The molecule has 0 radical (unpaired) electrons. The van der Waals surface area contributed by atoms with Crippen LogP contribution in [0.5, 0.6) is 0 Å². The highest BCUT2D eigenvalue weighted by Crippen LogP contribution is 2.38. The van der Waals surface area contributed by atoms with Crippen LogP contribution in [0.4, 0.5) is 11.4 Å². The lowest BCUT2D eigenvalue weighted by Gasteiger charge is -2.25. The molecule has 7 nitrogen and oxygen atoms in total. The van der Waals surface area contributed by atoms with Crippen LogP contribution >= 0.6 is 0 Å². The Morgan fingerprint density at radius 2 is 1.86 bits per heavy atom. The van der Waals surface area contributed by atoms with Gasteiger partial charge in [0, 0.05) is 25.2 Å². The van der Waals surface area contributed by atoms with Crippen molar-refractivity contribution in [3.8, 4) is 0 Å². The third-order valence-corrected chi connectivity index (χ3v) is 3.91. The SMILES string of the molecule is O=C(NCCO)C(=O)Nc1cc2c3c(c1)CCN3C(=O)CC2. The Morgan fingerprint density at radius 3 is 2.59 bits per heavy atom. The first-order valence-corrected chi connectivity index (χ1v) is 7.26. The normalized spacial score (nSPS) is 15.5. The molecule has 0 saturated carbocycles. The highest BCUT2D eigenvalue weighted by atomic mass is 16.3. The predicted molar refractivity (Wildman–Crippen MR) is 79.5 cm³/mol. The molecule has 2 aliphatic heterocycles. The van der Waals surface area contributed by atoms with Gasteiger partial charge in [-0.2, -0.15) is 0 Å². The molecule has 3 amide bonds. The third-order valence-electron chi connectivity index (χ3n) is 3.91. The standard InChI is InChI=1S/C15H17N3O4/c19-6-4-16-14(21)15(22)17-11-7-9-1-2-12(20)18-5-3-10(8-11)13(9)18/h7-8,19H,1-6H2,(H,16,21)(H,17,22). The number of nitrogens with zero attached hydrogens (tertiary/aromatic N) is 1. The summed E-state index contributed by atoms with van der Waals surface area (Å²) in [5.41, 5.74) is 3.59. The Kier molecular flexibility index (Phi) is 3.81. The molecule has 3 rings (SSSR count). The van der Waals surface area contributed by atoms with E-state index in [1.807, 2.05) is 12.1 Å². The van der Waals surface area contributed by atoms with Crippen LogP contribution in [0.15, 0.2) is 12.1 Å². The van der Waals surface area contributed by atoms with Gasteiger partial charge in [0.25, 0.3) is 0 Å². The van der Waals surface area contributed by atoms with Gasteiger partial charge in [0.05, 0.1) is 12.3 Å². The van der Waals surface area contributed by atoms with Gasteiger partial charge in [-0.15, -0.1) is 0 Å². The van der Waals surface area contributed by atoms with E-state index in [1.54, 1.807) is 4.90 Å². The van der Waals surface area contributed by atoms with Crippen molar-refractivity contribution in [2.75, 3.05) is 29.9 Å². The first-order chi connectivity index (χ1) is 10.6. The molecule has 0 bridgehead atoms. The second-order valence-electron chi connectivity index (χ2n) is 5.37. The lowest BCUT2D eigenvalue weighted by atomic mass is 9.98. The summed E-state index contributed by atoms with van der Waals surface area (Å²) in [7, 11) is 0. The number of carbonyl (C=O) groups is 3. The molecule has 1 aromatic rings. The van der Waals surface area contributed by atoms with Crippen molar-refractivity contribution in [2.45, 2.75) is 19.3 Å². The maximum Gasteiger partial charge on any atom is 0.313 e. The van der Waals surface area contributed by atoms with Gasteiger partial charge in [-0.25, -0.2) is 0 Å². The van der Waals surface area contributed by atoms with Gasteiger partial charge in [-0.1, -0.05) is 0 Å². The average Bonchev–Trinajstić information content (AvgIpc) is 2.93. The molecule has 116 valence electrons. The van der Waals surface area contributed by atoms with Gasteiger partial charge in [-0.05, 0) is 36.1 Å². The quantitative estimate of drug-likeness (QED) is 0.660. The molecule has 2 aliphatic rings. The second kappa shape index (κ2) is 5.76. The zero-order valence-corrected chi connectivity index (χ0v) is 12.0. The van der Waals surface area contributed by atoms with Crippen LogP contribution in [0.25, 0.3) is 0 Å². The molecule has 0 atom stereocenters. The molecule has 0 saturated heterocycles. The maximum absolute atomic E-state index is 11.9. The van der Waals surface area contributed by atoms with E-state index in [2.05, 4.69) is 10.6 Å². The Bertz CT molecular complexity index is 656. The van der Waals surface area contributed by atoms with Gasteiger partial charge >= 0.3 is 11.8 Å². The molecule has 0 spiro atoms. The molecule has 7 heteroatoms. The summed E-state index contributed by atoms with van der Waals surface area (Å²) in [5.74, 6) is -1.39. The minimum Gasteiger partial charge on any atom is -0.395 e. The number of hydrogen-bond acceptors (Lipinski definition) is 4. The van der Waals surface area contributed by atoms with Crippen LogP contribution in [-0.4, -0.2) is 42.5 Å². The van der Waals surface area contributed by atoms with Gasteiger partial charge < -0.3 is 20.6 Å². The summed E-state index contributed by atoms with van der Waals surface area (Å²) in [5, 5.41) is 13.5. The number of hydrogen-bond donors (Lipinski definition) is 3. The van der Waals surface area contributed by atoms with Crippen molar-refractivity contribution in [1.82, 2.24) is 5.32 Å². The summed E-state index contributed by atoms with van der Waals surface area (Å²) in [4.78, 5) is 36.9. The van der Waals surface area contributed by atoms with Gasteiger partial charge in [0.15, 0.2) is 0 Å². The van der Waals surface area contributed by atoms with Gasteiger partial charge in [0.1, 0.15) is 0 Å². The largest absolute Gasteiger partial charge is 0.395 e. The lowest BCUT2D eigenvalue weighted by Crippen LogP contribution is -2.37. The van der Waals surface area contributed by atoms with Crippen molar-refractivity contribution in [3.05, 3.63) is 23.3 Å². The topological polar surface area (TPSA) is 98.7 Å². The summed E-state index contributed by atoms with van der Waals surface area (Å²) < 4.78 is 0. The highest BCUT2D eigenvalue weighted by Gasteiger charge is 2.31. The minimum absolute atomic E-state index is 0.0404. The average molecular weight is 303 g/mol. The van der Waals surface area contributed by atoms with Crippen molar-refractivity contribution in [3.63, 3.8) is 0 Å². The van der Waals surface area contributed by atoms with Crippen LogP contribution in [0.1, 0.15) is 17.5 Å². The van der Waals surface area contributed by atoms with E-state index in [9.17, 15) is 14.4 Å². The van der Waals surface area contributed by atoms with Crippen molar-refractivity contribution < 1.29 is 19.5 Å². The number of aryl methyl sites for hydroxylation is 1. The fourth-order valence-electron chi connectivity index (χ4n) is 2.97. The van der Waals surface area contributed by atoms with E-state index in [-0.39, 0.29) is 19.1 Å². The van der Waals surface area contributed by atoms with E-state index >= 15 is 0 Å². The molecule has 0 fully saturated rings. The van der Waals surface area contributed by atoms with E-state index < -0.39 is 11.8 Å². The fraction of sp³-hybridized carbons (Fsp3) is 0.400. The van der Waals surface area contributed by atoms with E-state index in [0.29, 0.717) is 25.1 Å². The van der Waals surface area contributed by atoms with Crippen molar-refractivity contribution in [1.29, 1.82) is 0 Å². The van der Waals surface area contributed by atoms with E-state index in [4.69, 9.17) is 5.11 Å². The molecule has 1 aromatic carbocycles. The van der Waals surface area contributed by atoms with E-state index in [1.165, 1.54) is 0 Å². The summed E-state index contributed by atoms with van der Waals surface area (Å²) >= 11 is 0. The molecule has 3 N–H and O–H groups in total. The Balaban J connectivity index is 1.78. The first kappa shape index (κ1) is 14.5. The Morgan fingerprint density at radius 1 is 1.14 bits per heavy atom. The van der Waals surface area contributed by atoms with Crippen LogP contribution in [-0.2, 0) is 27.2 Å². The van der Waals surface area contributed by atoms with Crippen LogP contribution < -0.4 is 15.5 Å². The molecule has 22 heavy (non-hydrogen) atoms. The van der Waals surface area contributed by atoms with Crippen molar-refractivity contribution in [2.24, 2.45) is 0 Å². The number of amides is 3. The predicted octanol–water partition coefficient (Wildman–Crippen LogP) is -0.431. The maximum atomic E-state index is 11.9. The Labute approximate surface area is 127 Å². The molecular weight excluding hydrogens is 286 g/mol. The van der Waals surface area contributed by atoms with Crippen LogP contribution in [0.2, 0.25) is 0 Å². The lowest BCUT2D eigenvalue weighted by molar-refractivity contribution is -0.136. The molecule has 0 aromatic heterocycles. The van der Waals surface area contributed by atoms with Crippen LogP contribution in [0, 0.1) is 0 Å². The fourth-order valence-corrected chi connectivity index (χ4v) is 2.97. The molecule has 0 aliphatic carbocycles. The summed E-state index contributed by atoms with van der Waals surface area (Å²) in [6, 6.07) is 3.63. The number of benzene rings is 1. The Hall–Kier alpha value is -2.41. The number of nitrogens with one attached hydrogen (secondary N) is 2. The third kappa shape index (κ3) is 2.55. The smallest absolute Gasteiger partial charge is 0.313 e. The second-order valence-corrected chi connectivity index (χ2v) is 5.37. The zero-order valence-electron chi connectivity index (χ0n) is 12.0. The number of aliphatic hydroxyl groups is 1. The van der Waals surface area contributed by atoms with E-state index in [0.717, 1.165) is 23.2 Å². The van der Waals surface area contributed by atoms with Gasteiger partial charge in [-0.3, -0.25) is 14.4 Å². The molecular formula is C15H17N3O4. The highest BCUT2D eigenvalue weighted by molar-refractivity contribution is 6.39. The number of rotatable bonds is 3. The summed E-state index contributed by atoms with van der Waals surface area (Å²) in [6.45, 7) is 0.500. The number of anilines is 2. The summed E-state index contributed by atoms with van der Waals surface area (Å²) in [6.07, 6.45) is 1.88. The van der Waals surface area contributed by atoms with Gasteiger partial charge in [0.2, 0.25) is 5.91 Å². The van der Waals surface area contributed by atoms with Crippen molar-refractivity contribution >= 4 is 29.1 Å². The molecule has 0 unspecified atom stereocenters. The first-order valence-electron chi connectivity index (χ1n) is 7.26. The number of aliphatic hydroxyl groups excluding tert-OH is 1. The molecule has 2 heterocycles. The minimum atomic E-state index is -0.778.